The third-order valence-corrected chi connectivity index (χ3v) is 13.8. The van der Waals surface area contributed by atoms with Crippen LogP contribution >= 0.6 is 11.3 Å². The van der Waals surface area contributed by atoms with Crippen molar-refractivity contribution >= 4 is 69.4 Å². The van der Waals surface area contributed by atoms with E-state index in [0.29, 0.717) is 0 Å². The van der Waals surface area contributed by atoms with Gasteiger partial charge in [-0.2, -0.15) is 0 Å². The van der Waals surface area contributed by atoms with Crippen LogP contribution < -0.4 is 0 Å². The Kier molecular flexibility index (Phi) is 6.94. The standard InChI is InChI=1S/C55H36S/c1-2-16-38(17-3-1)55(49-26-11-8-19-41(49)42-20-9-12-27-50(42)55)39-18-14-15-36(34-39)52-44-22-4-6-24-46(44)53(47-25-7-5-23-45(47)52)37-30-31-40-35(33-37)29-32-48-43-21-10-13-28-51(43)56-54(40)48/h1-8,10-19,21-34H,9,20H2. The Hall–Kier alpha value is -6.54. The average molecular weight is 729 g/mol. The van der Waals surface area contributed by atoms with Crippen LogP contribution in [0.2, 0.25) is 0 Å². The second-order valence-corrected chi connectivity index (χ2v) is 16.4. The van der Waals surface area contributed by atoms with Gasteiger partial charge in [-0.1, -0.05) is 176 Å². The summed E-state index contributed by atoms with van der Waals surface area (Å²) in [6, 6.07) is 68.5. The zero-order valence-electron chi connectivity index (χ0n) is 30.8. The van der Waals surface area contributed by atoms with E-state index in [9.17, 15) is 0 Å². The Morgan fingerprint density at radius 3 is 1.84 bits per heavy atom. The van der Waals surface area contributed by atoms with Crippen molar-refractivity contribution in [3.8, 4) is 22.3 Å². The Labute approximate surface area is 330 Å². The summed E-state index contributed by atoms with van der Waals surface area (Å²) in [7, 11) is 0. The van der Waals surface area contributed by atoms with Gasteiger partial charge in [-0.25, -0.2) is 0 Å². The molecule has 0 nitrogen and oxygen atoms in total. The number of allylic oxidation sites excluding steroid dienone is 4. The summed E-state index contributed by atoms with van der Waals surface area (Å²) < 4.78 is 2.71. The molecule has 12 rings (SSSR count). The molecule has 0 spiro atoms. The maximum Gasteiger partial charge on any atom is 0.0710 e. The van der Waals surface area contributed by atoms with Crippen LogP contribution in [-0.4, -0.2) is 0 Å². The van der Waals surface area contributed by atoms with Crippen LogP contribution in [0.1, 0.15) is 35.1 Å². The minimum atomic E-state index is -0.406. The highest BCUT2D eigenvalue weighted by atomic mass is 32.1. The SMILES string of the molecule is C1=CC2=C(CC1)c1ccccc1C2(c1ccccc1)c1cccc(-c2c3ccccc3c(-c3ccc4c(ccc5c6ccccc6sc45)c3)c3ccccc23)c1. The molecule has 0 radical (unpaired) electrons. The Morgan fingerprint density at radius 2 is 1.07 bits per heavy atom. The van der Waals surface area contributed by atoms with Crippen molar-refractivity contribution < 1.29 is 0 Å². The number of hydrogen-bond donors (Lipinski definition) is 0. The lowest BCUT2D eigenvalue weighted by Crippen LogP contribution is -2.29. The summed E-state index contributed by atoms with van der Waals surface area (Å²) >= 11 is 1.90. The van der Waals surface area contributed by atoms with Crippen LogP contribution in [0, 0.1) is 0 Å². The van der Waals surface area contributed by atoms with Crippen molar-refractivity contribution in [3.05, 3.63) is 222 Å². The topological polar surface area (TPSA) is 0 Å². The second kappa shape index (κ2) is 12.2. The summed E-state index contributed by atoms with van der Waals surface area (Å²) in [5.41, 5.74) is 13.0. The predicted molar refractivity (Wildman–Crippen MR) is 241 cm³/mol. The van der Waals surface area contributed by atoms with E-state index in [1.807, 2.05) is 11.3 Å². The van der Waals surface area contributed by atoms with Crippen LogP contribution in [0.5, 0.6) is 0 Å². The smallest absolute Gasteiger partial charge is 0.0710 e. The van der Waals surface area contributed by atoms with Crippen molar-refractivity contribution in [2.24, 2.45) is 0 Å². The van der Waals surface area contributed by atoms with Crippen molar-refractivity contribution in [1.82, 2.24) is 0 Å². The first-order valence-electron chi connectivity index (χ1n) is 19.7. The molecule has 2 aliphatic rings. The zero-order valence-corrected chi connectivity index (χ0v) is 31.6. The first kappa shape index (κ1) is 31.8. The highest BCUT2D eigenvalue weighted by Gasteiger charge is 2.47. The van der Waals surface area contributed by atoms with Crippen LogP contribution in [0.25, 0.3) is 80.3 Å². The van der Waals surface area contributed by atoms with E-state index in [-0.39, 0.29) is 0 Å². The quantitative estimate of drug-likeness (QED) is 0.158. The van der Waals surface area contributed by atoms with Crippen molar-refractivity contribution in [3.63, 3.8) is 0 Å². The summed E-state index contributed by atoms with van der Waals surface area (Å²) in [5.74, 6) is 0. The highest BCUT2D eigenvalue weighted by Crippen LogP contribution is 2.57. The molecule has 0 amide bonds. The van der Waals surface area contributed by atoms with E-state index in [0.717, 1.165) is 12.8 Å². The monoisotopic (exact) mass is 728 g/mol. The molecule has 0 N–H and O–H groups in total. The molecule has 1 heterocycles. The van der Waals surface area contributed by atoms with E-state index in [2.05, 4.69) is 194 Å². The van der Waals surface area contributed by atoms with Crippen molar-refractivity contribution in [2.75, 3.05) is 0 Å². The molecule has 1 aromatic heterocycles. The van der Waals surface area contributed by atoms with E-state index in [1.165, 1.54) is 108 Å². The van der Waals surface area contributed by atoms with Crippen LogP contribution in [-0.2, 0) is 5.41 Å². The molecular weight excluding hydrogens is 693 g/mol. The molecule has 262 valence electrons. The molecular formula is C55H36S. The van der Waals surface area contributed by atoms with Gasteiger partial charge in [0.05, 0.1) is 5.41 Å². The molecule has 10 aromatic rings. The number of hydrogen-bond acceptors (Lipinski definition) is 1. The van der Waals surface area contributed by atoms with E-state index >= 15 is 0 Å². The van der Waals surface area contributed by atoms with Gasteiger partial charge in [-0.15, -0.1) is 11.3 Å². The van der Waals surface area contributed by atoms with E-state index in [4.69, 9.17) is 0 Å². The Bertz CT molecular complexity index is 3250. The lowest BCUT2D eigenvalue weighted by Gasteiger charge is -2.35. The van der Waals surface area contributed by atoms with Crippen LogP contribution in [0.15, 0.2) is 200 Å². The number of fused-ring (bicyclic) bond motifs is 9. The maximum absolute atomic E-state index is 2.50. The van der Waals surface area contributed by atoms with Gasteiger partial charge >= 0.3 is 0 Å². The lowest BCUT2D eigenvalue weighted by atomic mass is 9.66. The molecule has 1 atom stereocenters. The van der Waals surface area contributed by atoms with Crippen molar-refractivity contribution in [2.45, 2.75) is 18.3 Å². The summed E-state index contributed by atoms with van der Waals surface area (Å²) in [4.78, 5) is 0. The van der Waals surface area contributed by atoms with Gasteiger partial charge in [0.1, 0.15) is 0 Å². The largest absolute Gasteiger partial charge is 0.135 e. The van der Waals surface area contributed by atoms with Gasteiger partial charge in [0.15, 0.2) is 0 Å². The first-order chi connectivity index (χ1) is 27.8. The Balaban J connectivity index is 1.10. The molecule has 2 aliphatic carbocycles. The summed E-state index contributed by atoms with van der Waals surface area (Å²) in [5, 5.41) is 10.4. The highest BCUT2D eigenvalue weighted by molar-refractivity contribution is 7.26. The maximum atomic E-state index is 2.50. The number of rotatable bonds is 4. The lowest BCUT2D eigenvalue weighted by molar-refractivity contribution is 0.757. The molecule has 0 fully saturated rings. The number of benzene rings is 9. The van der Waals surface area contributed by atoms with E-state index in [1.54, 1.807) is 0 Å². The molecule has 1 unspecified atom stereocenters. The van der Waals surface area contributed by atoms with Gasteiger partial charge in [0.25, 0.3) is 0 Å². The van der Waals surface area contributed by atoms with Gasteiger partial charge in [0, 0.05) is 20.2 Å². The van der Waals surface area contributed by atoms with Gasteiger partial charge < -0.3 is 0 Å². The fourth-order valence-corrected chi connectivity index (χ4v) is 11.6. The van der Waals surface area contributed by atoms with Crippen LogP contribution in [0.3, 0.4) is 0 Å². The third-order valence-electron chi connectivity index (χ3n) is 12.6. The fraction of sp³-hybridized carbons (Fsp3) is 0.0545. The normalized spacial score (nSPS) is 16.4. The molecule has 9 aromatic carbocycles. The molecule has 0 saturated heterocycles. The first-order valence-corrected chi connectivity index (χ1v) is 20.5. The third kappa shape index (κ3) is 4.41. The fourth-order valence-electron chi connectivity index (χ4n) is 10.3. The molecule has 56 heavy (non-hydrogen) atoms. The minimum Gasteiger partial charge on any atom is -0.135 e. The summed E-state index contributed by atoms with van der Waals surface area (Å²) in [6.45, 7) is 0. The molecule has 0 saturated carbocycles. The van der Waals surface area contributed by atoms with Gasteiger partial charge in [-0.3, -0.25) is 0 Å². The van der Waals surface area contributed by atoms with E-state index < -0.39 is 5.41 Å². The predicted octanol–water partition coefficient (Wildman–Crippen LogP) is 15.3. The van der Waals surface area contributed by atoms with Gasteiger partial charge in [0.2, 0.25) is 0 Å². The van der Waals surface area contributed by atoms with Gasteiger partial charge in [-0.05, 0) is 119 Å². The second-order valence-electron chi connectivity index (χ2n) is 15.4. The Morgan fingerprint density at radius 1 is 0.446 bits per heavy atom. The molecule has 0 aliphatic heterocycles. The minimum absolute atomic E-state index is 0.406. The summed E-state index contributed by atoms with van der Waals surface area (Å²) in [6.07, 6.45) is 6.95. The average Bonchev–Trinajstić information content (AvgIpc) is 3.80. The number of thiophene rings is 1. The van der Waals surface area contributed by atoms with Crippen LogP contribution in [0.4, 0.5) is 0 Å². The molecule has 1 heteroatoms. The zero-order chi connectivity index (χ0) is 36.8. The molecule has 0 bridgehead atoms. The van der Waals surface area contributed by atoms with Crippen molar-refractivity contribution in [1.29, 1.82) is 0 Å².